The van der Waals surface area contributed by atoms with E-state index >= 15 is 0 Å². The number of hydrogen-bond acceptors (Lipinski definition) is 5. The number of nitrogens with zero attached hydrogens (tertiary/aromatic N) is 3. The molecular weight excluding hydrogens is 512 g/mol. The number of benzene rings is 1. The first kappa shape index (κ1) is 28.8. The molecule has 0 saturated carbocycles. The Morgan fingerprint density at radius 3 is 2.41 bits per heavy atom. The number of anilines is 2. The Balaban J connectivity index is 1.75. The second-order valence-electron chi connectivity index (χ2n) is 9.66. The van der Waals surface area contributed by atoms with E-state index in [1.54, 1.807) is 6.92 Å². The lowest BCUT2D eigenvalue weighted by molar-refractivity contribution is -0.141. The van der Waals surface area contributed by atoms with Crippen LogP contribution in [0.3, 0.4) is 0 Å². The fraction of sp³-hybridized carbons (Fsp3) is 0.520. The molecule has 7 nitrogen and oxygen atoms in total. The minimum absolute atomic E-state index is 0.0298. The van der Waals surface area contributed by atoms with Crippen molar-refractivity contribution in [2.75, 3.05) is 36.8 Å². The van der Waals surface area contributed by atoms with E-state index in [1.807, 2.05) is 4.90 Å². The maximum Gasteiger partial charge on any atom is 0.433 e. The van der Waals surface area contributed by atoms with Gasteiger partial charge in [-0.2, -0.15) is 25.9 Å². The van der Waals surface area contributed by atoms with E-state index in [1.165, 1.54) is 32.3 Å². The number of carbonyl (C=O) groups is 1. The molecule has 1 saturated heterocycles. The number of halogens is 4. The zero-order valence-electron chi connectivity index (χ0n) is 21.3. The van der Waals surface area contributed by atoms with Crippen LogP contribution in [0.1, 0.15) is 55.8 Å². The lowest BCUT2D eigenvalue weighted by Gasteiger charge is -2.33. The number of ketones is 1. The van der Waals surface area contributed by atoms with E-state index in [0.717, 1.165) is 29.3 Å². The van der Waals surface area contributed by atoms with Crippen molar-refractivity contribution in [3.63, 3.8) is 0 Å². The zero-order chi connectivity index (χ0) is 27.5. The van der Waals surface area contributed by atoms with Gasteiger partial charge >= 0.3 is 16.4 Å². The van der Waals surface area contributed by atoms with Crippen LogP contribution in [0.2, 0.25) is 0 Å². The van der Waals surface area contributed by atoms with Gasteiger partial charge in [-0.05, 0) is 54.5 Å². The fourth-order valence-electron chi connectivity index (χ4n) is 4.10. The average Bonchev–Trinajstić information content (AvgIpc) is 2.83. The molecule has 12 heteroatoms. The smallest absolute Gasteiger partial charge is 0.356 e. The number of aromatic nitrogens is 1. The third-order valence-corrected chi connectivity index (χ3v) is 8.11. The minimum Gasteiger partial charge on any atom is -0.356 e. The van der Waals surface area contributed by atoms with Crippen LogP contribution in [-0.4, -0.2) is 50.7 Å². The summed E-state index contributed by atoms with van der Waals surface area (Å²) in [6.07, 6.45) is -2.65. The van der Waals surface area contributed by atoms with E-state index in [4.69, 9.17) is 0 Å². The van der Waals surface area contributed by atoms with Crippen molar-refractivity contribution in [2.24, 2.45) is 5.92 Å². The highest BCUT2D eigenvalue weighted by atomic mass is 32.2. The lowest BCUT2D eigenvalue weighted by Crippen LogP contribution is -2.34. The van der Waals surface area contributed by atoms with Crippen LogP contribution in [-0.2, 0) is 27.6 Å². The lowest BCUT2D eigenvalue weighted by atomic mass is 9.92. The first-order chi connectivity index (χ1) is 17.2. The molecule has 0 spiro atoms. The Kier molecular flexibility index (Phi) is 8.84. The number of alkyl halides is 3. The summed E-state index contributed by atoms with van der Waals surface area (Å²) < 4.78 is 81.5. The summed E-state index contributed by atoms with van der Waals surface area (Å²) >= 11 is 0. The van der Waals surface area contributed by atoms with Gasteiger partial charge in [0, 0.05) is 39.5 Å². The van der Waals surface area contributed by atoms with E-state index in [2.05, 4.69) is 16.6 Å². The Bertz CT molecular complexity index is 1230. The maximum absolute atomic E-state index is 14.6. The Hall–Kier alpha value is -2.73. The first-order valence-corrected chi connectivity index (χ1v) is 13.5. The van der Waals surface area contributed by atoms with E-state index in [-0.39, 0.29) is 30.1 Å². The highest BCUT2D eigenvalue weighted by Gasteiger charge is 2.34. The molecule has 1 aromatic heterocycles. The van der Waals surface area contributed by atoms with Crippen molar-refractivity contribution >= 4 is 27.5 Å². The standard InChI is InChI=1S/C25H32F4N4O3S/c1-16-11-13-33(14-12-16)24-18(7-10-23(30-24)25(27,28)29)6-9-22(34)17(2)19-5-8-21(20(26)15-19)31-37(35,36)32(3)4/h5,7-8,10,15-17,31H,6,9,11-14H2,1-4H3. The number of nitrogens with one attached hydrogen (secondary N) is 1. The zero-order valence-corrected chi connectivity index (χ0v) is 22.1. The molecule has 2 heterocycles. The van der Waals surface area contributed by atoms with Crippen molar-refractivity contribution in [3.05, 3.63) is 53.0 Å². The molecule has 0 bridgehead atoms. The van der Waals surface area contributed by atoms with Crippen LogP contribution in [0.5, 0.6) is 0 Å². The van der Waals surface area contributed by atoms with Crippen molar-refractivity contribution < 1.29 is 30.8 Å². The summed E-state index contributed by atoms with van der Waals surface area (Å²) in [6, 6.07) is 6.15. The average molecular weight is 545 g/mol. The number of piperidine rings is 1. The molecule has 0 radical (unpaired) electrons. The maximum atomic E-state index is 14.6. The Morgan fingerprint density at radius 1 is 1.19 bits per heavy atom. The molecule has 3 rings (SSSR count). The summed E-state index contributed by atoms with van der Waals surface area (Å²) in [6.45, 7) is 4.90. The number of pyridine rings is 1. The van der Waals surface area contributed by atoms with Crippen molar-refractivity contribution in [2.45, 2.75) is 51.6 Å². The molecule has 1 aromatic carbocycles. The molecule has 1 aliphatic rings. The van der Waals surface area contributed by atoms with Crippen LogP contribution in [0, 0.1) is 11.7 Å². The number of rotatable bonds is 9. The van der Waals surface area contributed by atoms with Crippen molar-refractivity contribution in [1.29, 1.82) is 0 Å². The molecular formula is C25H32F4N4O3S. The molecule has 1 atom stereocenters. The quantitative estimate of drug-likeness (QED) is 0.450. The number of carbonyl (C=O) groups excluding carboxylic acids is 1. The van der Waals surface area contributed by atoms with Gasteiger partial charge in [-0.25, -0.2) is 9.37 Å². The normalized spacial score (nSPS) is 16.2. The van der Waals surface area contributed by atoms with Gasteiger partial charge in [-0.3, -0.25) is 9.52 Å². The molecule has 1 fully saturated rings. The largest absolute Gasteiger partial charge is 0.433 e. The molecule has 0 amide bonds. The van der Waals surface area contributed by atoms with Gasteiger partial charge in [0.2, 0.25) is 0 Å². The SMILES string of the molecule is CC1CCN(c2nc(C(F)(F)F)ccc2CCC(=O)C(C)c2ccc(NS(=O)(=O)N(C)C)c(F)c2)CC1. The van der Waals surface area contributed by atoms with Gasteiger partial charge in [0.05, 0.1) is 5.69 Å². The predicted molar refractivity (Wildman–Crippen MR) is 134 cm³/mol. The summed E-state index contributed by atoms with van der Waals surface area (Å²) in [5, 5.41) is 0. The summed E-state index contributed by atoms with van der Waals surface area (Å²) in [5.74, 6) is -1.00. The van der Waals surface area contributed by atoms with Gasteiger partial charge in [-0.1, -0.05) is 26.0 Å². The monoisotopic (exact) mass is 544 g/mol. The summed E-state index contributed by atoms with van der Waals surface area (Å²) in [4.78, 5) is 18.7. The Morgan fingerprint density at radius 2 is 1.84 bits per heavy atom. The van der Waals surface area contributed by atoms with Crippen LogP contribution < -0.4 is 9.62 Å². The van der Waals surface area contributed by atoms with Crippen molar-refractivity contribution in [3.8, 4) is 0 Å². The number of hydrogen-bond donors (Lipinski definition) is 1. The highest BCUT2D eigenvalue weighted by molar-refractivity contribution is 7.90. The van der Waals surface area contributed by atoms with Gasteiger partial charge < -0.3 is 4.90 Å². The van der Waals surface area contributed by atoms with Crippen LogP contribution in [0.15, 0.2) is 30.3 Å². The topological polar surface area (TPSA) is 82.6 Å². The summed E-state index contributed by atoms with van der Waals surface area (Å²) in [7, 11) is -1.29. The van der Waals surface area contributed by atoms with Gasteiger partial charge in [0.15, 0.2) is 0 Å². The first-order valence-electron chi connectivity index (χ1n) is 12.0. The van der Waals surface area contributed by atoms with Gasteiger partial charge in [-0.15, -0.1) is 0 Å². The molecule has 2 aromatic rings. The molecule has 37 heavy (non-hydrogen) atoms. The third kappa shape index (κ3) is 7.19. The summed E-state index contributed by atoms with van der Waals surface area (Å²) in [5.41, 5.74) is -0.285. The molecule has 204 valence electrons. The second kappa shape index (κ2) is 11.3. The Labute approximate surface area is 215 Å². The highest BCUT2D eigenvalue weighted by Crippen LogP contribution is 2.33. The van der Waals surface area contributed by atoms with Crippen LogP contribution in [0.25, 0.3) is 0 Å². The molecule has 1 N–H and O–H groups in total. The van der Waals surface area contributed by atoms with Crippen molar-refractivity contribution in [1.82, 2.24) is 9.29 Å². The van der Waals surface area contributed by atoms with Crippen LogP contribution in [0.4, 0.5) is 29.1 Å². The minimum atomic E-state index is -4.57. The van der Waals surface area contributed by atoms with Crippen LogP contribution >= 0.6 is 0 Å². The van der Waals surface area contributed by atoms with E-state index < -0.39 is 33.8 Å². The second-order valence-corrected chi connectivity index (χ2v) is 11.5. The third-order valence-electron chi connectivity index (χ3n) is 6.67. The van der Waals surface area contributed by atoms with E-state index in [9.17, 15) is 30.8 Å². The molecule has 1 unspecified atom stereocenters. The van der Waals surface area contributed by atoms with E-state index in [0.29, 0.717) is 30.1 Å². The number of Topliss-reactive ketones (excluding diaryl/α,β-unsaturated/α-hetero) is 1. The number of aryl methyl sites for hydroxylation is 1. The molecule has 1 aliphatic heterocycles. The van der Waals surface area contributed by atoms with Gasteiger partial charge in [0.25, 0.3) is 0 Å². The van der Waals surface area contributed by atoms with Gasteiger partial charge in [0.1, 0.15) is 23.1 Å². The molecule has 0 aliphatic carbocycles. The fourth-order valence-corrected chi connectivity index (χ4v) is 4.72. The predicted octanol–water partition coefficient (Wildman–Crippen LogP) is 5.00.